The molecule has 0 aromatic carbocycles. The Morgan fingerprint density at radius 2 is 0.921 bits per heavy atom. The zero-order chi connectivity index (χ0) is 73.9. The summed E-state index contributed by atoms with van der Waals surface area (Å²) in [7, 11) is 0. The number of aliphatic hydroxyl groups excluding tert-OH is 11. The number of aliphatic carboxylic acids is 1. The largest absolute Gasteiger partial charge is 0.477 e. The molecule has 3 fully saturated rings. The molecular weight excluding hydrogens is 1300 g/mol. The zero-order valence-corrected chi connectivity index (χ0v) is 62.8. The fourth-order valence-corrected chi connectivity index (χ4v) is 14.3. The van der Waals surface area contributed by atoms with Crippen LogP contribution in [0.1, 0.15) is 329 Å². The van der Waals surface area contributed by atoms with Crippen LogP contribution in [0.3, 0.4) is 0 Å². The Kier molecular flexibility index (Phi) is 52.9. The van der Waals surface area contributed by atoms with Crippen molar-refractivity contribution >= 4 is 17.8 Å². The number of amides is 2. The Hall–Kier alpha value is -2.53. The number of rotatable bonds is 64. The van der Waals surface area contributed by atoms with Gasteiger partial charge in [0.25, 0.3) is 5.79 Å². The van der Waals surface area contributed by atoms with E-state index in [0.29, 0.717) is 12.8 Å². The number of carbonyl (C=O) groups excluding carboxylic acids is 2. The van der Waals surface area contributed by atoms with E-state index in [0.717, 1.165) is 51.9 Å². The molecule has 101 heavy (non-hydrogen) atoms. The molecule has 0 bridgehead atoms. The predicted octanol–water partition coefficient (Wildman–Crippen LogP) is 10.6. The molecule has 14 N–H and O–H groups in total. The van der Waals surface area contributed by atoms with Crippen LogP contribution in [0.2, 0.25) is 0 Å². The standard InChI is InChI=1S/C78H146N2O21/c1-4-6-8-10-12-14-16-18-19-20-21-22-23-24-25-26-27-28-29-30-31-32-33-34-35-36-37-38-39-40-42-44-46-48-50-52-65(88)80-59(60(85)51-49-47-45-43-41-17-15-13-11-9-7-5-2)57-96-75-70(92)69(91)72(64(56-83)98-75)99-76-71(93)74(68(90)63(55-82)97-76)101-78(77(94)95)53-61(86)66(79-58(3)84)73(100-78)67(89)62(87)54-81/h49,51,59-64,66-76,81-83,85-87,89-93H,4-48,50,52-57H2,1-3H3,(H,79,84)(H,80,88)(H,94,95)/b51-49+. The number of unbranched alkanes of at least 4 members (excludes halogenated alkanes) is 44. The highest BCUT2D eigenvalue weighted by Gasteiger charge is 2.60. The number of hydrogen-bond acceptors (Lipinski definition) is 20. The summed E-state index contributed by atoms with van der Waals surface area (Å²) >= 11 is 0. The van der Waals surface area contributed by atoms with Crippen molar-refractivity contribution < 1.29 is 104 Å². The van der Waals surface area contributed by atoms with Crippen molar-refractivity contribution in [2.24, 2.45) is 0 Å². The molecule has 0 aromatic heterocycles. The van der Waals surface area contributed by atoms with Gasteiger partial charge in [-0.3, -0.25) is 9.59 Å². The first-order chi connectivity index (χ1) is 48.9. The molecule has 0 aliphatic carbocycles. The number of allylic oxidation sites excluding steroid dienone is 1. The molecule has 2 amide bonds. The van der Waals surface area contributed by atoms with E-state index in [-0.39, 0.29) is 12.3 Å². The van der Waals surface area contributed by atoms with Gasteiger partial charge in [-0.2, -0.15) is 0 Å². The number of aliphatic hydroxyl groups is 11. The molecule has 0 radical (unpaired) electrons. The van der Waals surface area contributed by atoms with Gasteiger partial charge in [0.2, 0.25) is 11.8 Å². The minimum Gasteiger partial charge on any atom is -0.477 e. The average Bonchev–Trinajstić information content (AvgIpc) is 0.756. The van der Waals surface area contributed by atoms with Crippen molar-refractivity contribution in [1.29, 1.82) is 0 Å². The van der Waals surface area contributed by atoms with Crippen LogP contribution in [-0.4, -0.2) is 215 Å². The molecule has 18 unspecified atom stereocenters. The number of hydrogen-bond donors (Lipinski definition) is 14. The predicted molar refractivity (Wildman–Crippen MR) is 389 cm³/mol. The number of carboxylic acids is 1. The summed E-state index contributed by atoms with van der Waals surface area (Å²) < 4.78 is 34.8. The van der Waals surface area contributed by atoms with Gasteiger partial charge in [0.1, 0.15) is 67.1 Å². The average molecular weight is 1450 g/mol. The van der Waals surface area contributed by atoms with Crippen molar-refractivity contribution in [3.8, 4) is 0 Å². The van der Waals surface area contributed by atoms with E-state index < -0.39 is 155 Å². The van der Waals surface area contributed by atoms with Gasteiger partial charge in [-0.15, -0.1) is 0 Å². The highest BCUT2D eigenvalue weighted by molar-refractivity contribution is 5.77. The van der Waals surface area contributed by atoms with E-state index in [1.54, 1.807) is 6.08 Å². The summed E-state index contributed by atoms with van der Waals surface area (Å²) in [5, 5.41) is 136. The van der Waals surface area contributed by atoms with Crippen molar-refractivity contribution in [1.82, 2.24) is 10.6 Å². The van der Waals surface area contributed by atoms with E-state index in [1.807, 2.05) is 6.08 Å². The molecule has 0 aromatic rings. The lowest BCUT2D eigenvalue weighted by Crippen LogP contribution is -2.70. The van der Waals surface area contributed by atoms with E-state index in [4.69, 9.17) is 28.4 Å². The fraction of sp³-hybridized carbons (Fsp3) is 0.936. The van der Waals surface area contributed by atoms with Crippen LogP contribution in [0.25, 0.3) is 0 Å². The lowest BCUT2D eigenvalue weighted by Gasteiger charge is -2.50. The summed E-state index contributed by atoms with van der Waals surface area (Å²) in [4.78, 5) is 38.6. The van der Waals surface area contributed by atoms with E-state index in [9.17, 15) is 75.7 Å². The smallest absolute Gasteiger partial charge is 0.364 e. The first-order valence-electron chi connectivity index (χ1n) is 40.6. The van der Waals surface area contributed by atoms with Crippen molar-refractivity contribution in [2.75, 3.05) is 26.4 Å². The van der Waals surface area contributed by atoms with Crippen LogP contribution in [0, 0.1) is 0 Å². The maximum absolute atomic E-state index is 13.5. The van der Waals surface area contributed by atoms with Crippen LogP contribution in [0.5, 0.6) is 0 Å². The number of carbonyl (C=O) groups is 3. The first-order valence-corrected chi connectivity index (χ1v) is 40.6. The molecular formula is C78H146N2O21. The highest BCUT2D eigenvalue weighted by atomic mass is 16.8. The Morgan fingerprint density at radius 1 is 0.515 bits per heavy atom. The number of nitrogens with one attached hydrogen (secondary N) is 2. The van der Waals surface area contributed by atoms with Crippen LogP contribution < -0.4 is 10.6 Å². The molecule has 0 spiro atoms. The molecule has 23 nitrogen and oxygen atoms in total. The molecule has 3 aliphatic rings. The monoisotopic (exact) mass is 1450 g/mol. The Labute approximate surface area is 607 Å². The molecule has 594 valence electrons. The van der Waals surface area contributed by atoms with Gasteiger partial charge in [0, 0.05) is 19.8 Å². The van der Waals surface area contributed by atoms with Crippen LogP contribution in [0.15, 0.2) is 12.2 Å². The number of ether oxygens (including phenoxy) is 6. The van der Waals surface area contributed by atoms with Crippen LogP contribution in [0.4, 0.5) is 0 Å². The van der Waals surface area contributed by atoms with Gasteiger partial charge in [-0.05, 0) is 19.3 Å². The quantitative estimate of drug-likeness (QED) is 0.0199. The van der Waals surface area contributed by atoms with Crippen LogP contribution >= 0.6 is 0 Å². The van der Waals surface area contributed by atoms with E-state index in [2.05, 4.69) is 24.5 Å². The highest BCUT2D eigenvalue weighted by Crippen LogP contribution is 2.39. The second-order valence-corrected chi connectivity index (χ2v) is 29.6. The lowest BCUT2D eigenvalue weighted by molar-refractivity contribution is -0.386. The van der Waals surface area contributed by atoms with Gasteiger partial charge in [-0.1, -0.05) is 302 Å². The third kappa shape index (κ3) is 38.2. The number of carboxylic acid groups (broad SMARTS) is 1. The summed E-state index contributed by atoms with van der Waals surface area (Å²) in [6.45, 7) is 2.16. The Balaban J connectivity index is 1.41. The SMILES string of the molecule is CCCCCCCCCCCC/C=C/C(O)C(COC1OC(CO)C(OC2OC(CO)C(O)C(OC3(C(=O)O)CC(O)C(NC(C)=O)C(C(O)C(O)CO)O3)C2O)C(O)C1O)NC(=O)CCCCCCCCCCCCCCCCCCCCCCCCCCCCCCCCCCCCC. The van der Waals surface area contributed by atoms with Gasteiger partial charge >= 0.3 is 5.97 Å². The zero-order valence-electron chi connectivity index (χ0n) is 62.8. The third-order valence-corrected chi connectivity index (χ3v) is 20.7. The Bertz CT molecular complexity index is 2070. The molecule has 18 atom stereocenters. The normalized spacial score (nSPS) is 26.8. The maximum atomic E-state index is 13.5. The van der Waals surface area contributed by atoms with E-state index >= 15 is 0 Å². The molecule has 23 heteroatoms. The molecule has 0 saturated carbocycles. The lowest BCUT2D eigenvalue weighted by atomic mass is 9.88. The minimum absolute atomic E-state index is 0.205. The van der Waals surface area contributed by atoms with Gasteiger partial charge < -0.3 is 100 Å². The van der Waals surface area contributed by atoms with Gasteiger partial charge in [-0.25, -0.2) is 4.79 Å². The summed E-state index contributed by atoms with van der Waals surface area (Å²) in [6, 6.07) is -2.61. The minimum atomic E-state index is -3.08. The van der Waals surface area contributed by atoms with Crippen molar-refractivity contribution in [3.63, 3.8) is 0 Å². The molecule has 3 rings (SSSR count). The molecule has 3 saturated heterocycles. The van der Waals surface area contributed by atoms with Gasteiger partial charge in [0.05, 0.1) is 50.7 Å². The topological polar surface area (TPSA) is 373 Å². The van der Waals surface area contributed by atoms with Gasteiger partial charge in [0.15, 0.2) is 12.6 Å². The first kappa shape index (κ1) is 92.7. The Morgan fingerprint density at radius 3 is 1.32 bits per heavy atom. The maximum Gasteiger partial charge on any atom is 0.364 e. The summed E-state index contributed by atoms with van der Waals surface area (Å²) in [6.07, 6.45) is 33.0. The second-order valence-electron chi connectivity index (χ2n) is 29.6. The fourth-order valence-electron chi connectivity index (χ4n) is 14.3. The van der Waals surface area contributed by atoms with Crippen molar-refractivity contribution in [3.05, 3.63) is 12.2 Å². The summed E-state index contributed by atoms with van der Waals surface area (Å²) in [5.74, 6) is -6.13. The van der Waals surface area contributed by atoms with Crippen LogP contribution in [-0.2, 0) is 42.8 Å². The summed E-state index contributed by atoms with van der Waals surface area (Å²) in [5.41, 5.74) is 0. The van der Waals surface area contributed by atoms with E-state index in [1.165, 1.54) is 238 Å². The molecule has 3 heterocycles. The molecule has 3 aliphatic heterocycles. The second kappa shape index (κ2) is 57.6. The van der Waals surface area contributed by atoms with Crippen molar-refractivity contribution in [2.45, 2.75) is 439 Å². The third-order valence-electron chi connectivity index (χ3n) is 20.7.